The molecule has 0 aliphatic carbocycles. The van der Waals surface area contributed by atoms with Crippen LogP contribution in [-0.2, 0) is 4.79 Å². The third-order valence-electron chi connectivity index (χ3n) is 3.82. The molecule has 1 aliphatic rings. The van der Waals surface area contributed by atoms with Crippen molar-refractivity contribution in [2.24, 2.45) is 0 Å². The molecule has 5 nitrogen and oxygen atoms in total. The molecule has 1 heterocycles. The average Bonchev–Trinajstić information content (AvgIpc) is 2.56. The summed E-state index contributed by atoms with van der Waals surface area (Å²) in [5, 5.41) is 3.46. The van der Waals surface area contributed by atoms with Crippen molar-refractivity contribution in [2.45, 2.75) is 13.8 Å². The maximum absolute atomic E-state index is 12.2. The third-order valence-corrected chi connectivity index (χ3v) is 4.23. The van der Waals surface area contributed by atoms with E-state index in [2.05, 4.69) is 5.32 Å². The highest BCUT2D eigenvalue weighted by Crippen LogP contribution is 2.17. The second-order valence-corrected chi connectivity index (χ2v) is 5.90. The van der Waals surface area contributed by atoms with Gasteiger partial charge in [-0.15, -0.1) is 0 Å². The highest BCUT2D eigenvalue weighted by atomic mass is 35.5. The topological polar surface area (TPSA) is 52.7 Å². The van der Waals surface area contributed by atoms with Crippen LogP contribution >= 0.6 is 11.6 Å². The molecule has 3 amide bonds. The molecule has 0 saturated carbocycles. The van der Waals surface area contributed by atoms with Crippen molar-refractivity contribution in [2.75, 3.05) is 32.7 Å². The molecule has 0 spiro atoms. The molecule has 124 valence electrons. The second-order valence-electron chi connectivity index (χ2n) is 5.49. The summed E-state index contributed by atoms with van der Waals surface area (Å²) in [5.74, 6) is -0.0442. The van der Waals surface area contributed by atoms with E-state index in [9.17, 15) is 9.59 Å². The Balaban J connectivity index is 1.88. The number of nitrogens with one attached hydrogen (secondary N) is 1. The van der Waals surface area contributed by atoms with Crippen molar-refractivity contribution in [1.82, 2.24) is 15.1 Å². The first kappa shape index (κ1) is 17.3. The predicted octanol–water partition coefficient (Wildman–Crippen LogP) is 2.54. The van der Waals surface area contributed by atoms with Gasteiger partial charge in [-0.1, -0.05) is 23.7 Å². The molecule has 0 atom stereocenters. The summed E-state index contributed by atoms with van der Waals surface area (Å²) >= 11 is 6.08. The summed E-state index contributed by atoms with van der Waals surface area (Å²) in [6.07, 6.45) is 3.33. The van der Waals surface area contributed by atoms with Crippen LogP contribution in [0.4, 0.5) is 4.79 Å². The lowest BCUT2D eigenvalue weighted by atomic mass is 10.1. The van der Waals surface area contributed by atoms with E-state index in [0.717, 1.165) is 11.1 Å². The van der Waals surface area contributed by atoms with Gasteiger partial charge < -0.3 is 15.1 Å². The van der Waals surface area contributed by atoms with Crippen LogP contribution in [-0.4, -0.2) is 54.5 Å². The van der Waals surface area contributed by atoms with Gasteiger partial charge in [0.1, 0.15) is 0 Å². The van der Waals surface area contributed by atoms with Crippen LogP contribution < -0.4 is 5.32 Å². The Bertz CT molecular complexity index is 608. The van der Waals surface area contributed by atoms with Crippen LogP contribution in [0.1, 0.15) is 18.1 Å². The number of carbonyl (C=O) groups is 2. The number of piperazine rings is 1. The van der Waals surface area contributed by atoms with Crippen molar-refractivity contribution in [3.05, 3.63) is 40.4 Å². The van der Waals surface area contributed by atoms with E-state index in [1.54, 1.807) is 22.0 Å². The zero-order chi connectivity index (χ0) is 16.8. The first-order chi connectivity index (χ1) is 11.0. The molecule has 1 N–H and O–H groups in total. The maximum Gasteiger partial charge on any atom is 0.317 e. The van der Waals surface area contributed by atoms with Crippen molar-refractivity contribution < 1.29 is 9.59 Å². The number of urea groups is 1. The fourth-order valence-corrected chi connectivity index (χ4v) is 2.57. The number of aryl methyl sites for hydroxylation is 1. The number of amides is 3. The van der Waals surface area contributed by atoms with Crippen LogP contribution in [0.3, 0.4) is 0 Å². The number of benzene rings is 1. The summed E-state index contributed by atoms with van der Waals surface area (Å²) in [4.78, 5) is 27.4. The first-order valence-corrected chi connectivity index (χ1v) is 8.15. The normalized spacial score (nSPS) is 15.1. The van der Waals surface area contributed by atoms with Gasteiger partial charge in [0.2, 0.25) is 5.91 Å². The van der Waals surface area contributed by atoms with Gasteiger partial charge in [-0.25, -0.2) is 4.79 Å². The molecule has 1 fully saturated rings. The zero-order valence-electron chi connectivity index (χ0n) is 13.5. The standard InChI is InChI=1S/C17H22ClN3O2/c1-3-19-17(23)21-10-8-20(9-11-21)16(22)7-6-14-5-4-13(2)15(18)12-14/h4-7,12H,3,8-11H2,1-2H3,(H,19,23)/b7-6+. The average molecular weight is 336 g/mol. The van der Waals surface area contributed by atoms with Crippen molar-refractivity contribution >= 4 is 29.6 Å². The molecule has 1 aromatic carbocycles. The largest absolute Gasteiger partial charge is 0.338 e. The highest BCUT2D eigenvalue weighted by molar-refractivity contribution is 6.31. The van der Waals surface area contributed by atoms with Crippen LogP contribution in [0.2, 0.25) is 5.02 Å². The summed E-state index contributed by atoms with van der Waals surface area (Å²) in [5.41, 5.74) is 1.91. The second kappa shape index (κ2) is 8.02. The van der Waals surface area contributed by atoms with Crippen LogP contribution in [0, 0.1) is 6.92 Å². The molecule has 0 radical (unpaired) electrons. The molecule has 2 rings (SSSR count). The maximum atomic E-state index is 12.2. The van der Waals surface area contributed by atoms with Crippen molar-refractivity contribution in [1.29, 1.82) is 0 Å². The Morgan fingerprint density at radius 1 is 1.22 bits per heavy atom. The van der Waals surface area contributed by atoms with E-state index in [1.165, 1.54) is 0 Å². The molecule has 0 bridgehead atoms. The summed E-state index contributed by atoms with van der Waals surface area (Å²) in [7, 11) is 0. The van der Waals surface area contributed by atoms with Gasteiger partial charge in [-0.05, 0) is 37.1 Å². The predicted molar refractivity (Wildman–Crippen MR) is 92.4 cm³/mol. The lowest BCUT2D eigenvalue weighted by molar-refractivity contribution is -0.127. The molecule has 23 heavy (non-hydrogen) atoms. The van der Waals surface area contributed by atoms with Gasteiger partial charge in [-0.2, -0.15) is 0 Å². The molecule has 1 saturated heterocycles. The molecular weight excluding hydrogens is 314 g/mol. The van der Waals surface area contributed by atoms with Gasteiger partial charge >= 0.3 is 6.03 Å². The molecule has 0 unspecified atom stereocenters. The monoisotopic (exact) mass is 335 g/mol. The summed E-state index contributed by atoms with van der Waals surface area (Å²) < 4.78 is 0. The van der Waals surface area contributed by atoms with Crippen molar-refractivity contribution in [3.63, 3.8) is 0 Å². The molecule has 1 aromatic rings. The number of carbonyl (C=O) groups excluding carboxylic acids is 2. The minimum atomic E-state index is -0.0653. The quantitative estimate of drug-likeness (QED) is 0.863. The van der Waals surface area contributed by atoms with Crippen LogP contribution in [0.25, 0.3) is 6.08 Å². The lowest BCUT2D eigenvalue weighted by Gasteiger charge is -2.34. The Hall–Kier alpha value is -2.01. The van der Waals surface area contributed by atoms with Gasteiger partial charge in [-0.3, -0.25) is 4.79 Å². The molecule has 0 aromatic heterocycles. The molecule has 1 aliphatic heterocycles. The highest BCUT2D eigenvalue weighted by Gasteiger charge is 2.22. The summed E-state index contributed by atoms with van der Waals surface area (Å²) in [6.45, 7) is 6.66. The Morgan fingerprint density at radius 2 is 1.87 bits per heavy atom. The Morgan fingerprint density at radius 3 is 2.48 bits per heavy atom. The number of rotatable bonds is 3. The number of halogens is 1. The van der Waals surface area contributed by atoms with E-state index >= 15 is 0 Å². The minimum absolute atomic E-state index is 0.0442. The molecule has 6 heteroatoms. The Kier molecular flexibility index (Phi) is 6.04. The fraction of sp³-hybridized carbons (Fsp3) is 0.412. The molecular formula is C17H22ClN3O2. The third kappa shape index (κ3) is 4.73. The van der Waals surface area contributed by atoms with Gasteiger partial charge in [0.25, 0.3) is 0 Å². The van der Waals surface area contributed by atoms with E-state index in [4.69, 9.17) is 11.6 Å². The lowest BCUT2D eigenvalue weighted by Crippen LogP contribution is -2.52. The van der Waals surface area contributed by atoms with Gasteiger partial charge in [0, 0.05) is 43.8 Å². The number of nitrogens with zero attached hydrogens (tertiary/aromatic N) is 2. The van der Waals surface area contributed by atoms with E-state index in [-0.39, 0.29) is 11.9 Å². The Labute approximate surface area is 141 Å². The number of hydrogen-bond donors (Lipinski definition) is 1. The van der Waals surface area contributed by atoms with Gasteiger partial charge in [0.05, 0.1) is 0 Å². The fourth-order valence-electron chi connectivity index (χ4n) is 2.38. The SMILES string of the molecule is CCNC(=O)N1CCN(C(=O)/C=C/c2ccc(C)c(Cl)c2)CC1. The van der Waals surface area contributed by atoms with Crippen LogP contribution in [0.15, 0.2) is 24.3 Å². The summed E-state index contributed by atoms with van der Waals surface area (Å²) in [6, 6.07) is 5.63. The van der Waals surface area contributed by atoms with Gasteiger partial charge in [0.15, 0.2) is 0 Å². The van der Waals surface area contributed by atoms with Crippen LogP contribution in [0.5, 0.6) is 0 Å². The zero-order valence-corrected chi connectivity index (χ0v) is 14.3. The van der Waals surface area contributed by atoms with E-state index in [1.807, 2.05) is 32.0 Å². The first-order valence-electron chi connectivity index (χ1n) is 7.77. The minimum Gasteiger partial charge on any atom is -0.338 e. The van der Waals surface area contributed by atoms with Crippen molar-refractivity contribution in [3.8, 4) is 0 Å². The smallest absolute Gasteiger partial charge is 0.317 e. The van der Waals surface area contributed by atoms with E-state index < -0.39 is 0 Å². The van der Waals surface area contributed by atoms with E-state index in [0.29, 0.717) is 37.7 Å². The number of hydrogen-bond acceptors (Lipinski definition) is 2.